The lowest BCUT2D eigenvalue weighted by molar-refractivity contribution is -0.117. The number of rotatable bonds is 3. The van der Waals surface area contributed by atoms with E-state index in [0.717, 1.165) is 22.9 Å². The molecule has 0 fully saturated rings. The van der Waals surface area contributed by atoms with E-state index in [4.69, 9.17) is 0 Å². The Labute approximate surface area is 128 Å². The van der Waals surface area contributed by atoms with Gasteiger partial charge in [0.1, 0.15) is 5.41 Å². The lowest BCUT2D eigenvalue weighted by Crippen LogP contribution is -2.28. The SMILES string of the molecule is CC1=CC=CCC1(C)C(=O)[P+](=O)C1=C(C)CC(C)(C)C=C1. The van der Waals surface area contributed by atoms with Crippen molar-refractivity contribution in [2.75, 3.05) is 0 Å². The first-order valence-corrected chi connectivity index (χ1v) is 8.68. The maximum Gasteiger partial charge on any atom is 0.454 e. The van der Waals surface area contributed by atoms with E-state index in [1.54, 1.807) is 0 Å². The molecule has 0 amide bonds. The lowest BCUT2D eigenvalue weighted by Gasteiger charge is -2.26. The second-order valence-corrected chi connectivity index (χ2v) is 8.55. The molecule has 3 heteroatoms. The standard InChI is InChI=1S/C18H24O2P/c1-13-12-17(3,4)11-9-15(13)21(20)16(19)18(5)10-7-6-8-14(18)2/h6-9,11H,10,12H2,1-5H3/q+1. The van der Waals surface area contributed by atoms with Crippen LogP contribution in [0.15, 0.2) is 46.8 Å². The zero-order valence-electron chi connectivity index (χ0n) is 13.6. The van der Waals surface area contributed by atoms with Crippen LogP contribution in [-0.2, 0) is 9.36 Å². The molecule has 112 valence electrons. The second-order valence-electron chi connectivity index (χ2n) is 7.08. The molecule has 0 saturated carbocycles. The highest BCUT2D eigenvalue weighted by Gasteiger charge is 2.49. The van der Waals surface area contributed by atoms with E-state index >= 15 is 0 Å². The van der Waals surface area contributed by atoms with Crippen LogP contribution >= 0.6 is 7.80 Å². The predicted molar refractivity (Wildman–Crippen MR) is 88.5 cm³/mol. The van der Waals surface area contributed by atoms with E-state index in [2.05, 4.69) is 19.9 Å². The number of hydrogen-bond acceptors (Lipinski definition) is 2. The van der Waals surface area contributed by atoms with Gasteiger partial charge in [-0.1, -0.05) is 48.3 Å². The summed E-state index contributed by atoms with van der Waals surface area (Å²) in [7, 11) is -2.01. The van der Waals surface area contributed by atoms with Crippen LogP contribution in [0.1, 0.15) is 47.5 Å². The summed E-state index contributed by atoms with van der Waals surface area (Å²) in [5.74, 6) is 0. The van der Waals surface area contributed by atoms with E-state index in [1.165, 1.54) is 0 Å². The fourth-order valence-corrected chi connectivity index (χ4v) is 4.54. The van der Waals surface area contributed by atoms with Crippen molar-refractivity contribution >= 4 is 13.3 Å². The summed E-state index contributed by atoms with van der Waals surface area (Å²) in [6.45, 7) is 10.2. The van der Waals surface area contributed by atoms with Crippen LogP contribution in [0, 0.1) is 10.8 Å². The van der Waals surface area contributed by atoms with Gasteiger partial charge >= 0.3 is 13.3 Å². The molecule has 0 bridgehead atoms. The van der Waals surface area contributed by atoms with Crippen molar-refractivity contribution in [3.05, 3.63) is 46.8 Å². The van der Waals surface area contributed by atoms with Gasteiger partial charge in [-0.05, 0) is 50.7 Å². The van der Waals surface area contributed by atoms with Crippen LogP contribution in [0.25, 0.3) is 0 Å². The minimum absolute atomic E-state index is 0.0834. The summed E-state index contributed by atoms with van der Waals surface area (Å²) in [4.78, 5) is 12.8. The van der Waals surface area contributed by atoms with Crippen molar-refractivity contribution in [2.24, 2.45) is 10.8 Å². The molecule has 2 aliphatic rings. The number of carbonyl (C=O) groups excluding carboxylic acids is 1. The fourth-order valence-electron chi connectivity index (χ4n) is 2.97. The second kappa shape index (κ2) is 5.50. The molecule has 0 N–H and O–H groups in total. The van der Waals surface area contributed by atoms with Gasteiger partial charge < -0.3 is 0 Å². The number of hydrogen-bond donors (Lipinski definition) is 0. The Morgan fingerprint density at radius 1 is 1.24 bits per heavy atom. The smallest absolute Gasteiger partial charge is 0.239 e. The molecule has 2 nitrogen and oxygen atoms in total. The van der Waals surface area contributed by atoms with Crippen LogP contribution in [0.4, 0.5) is 0 Å². The molecule has 0 heterocycles. The van der Waals surface area contributed by atoms with Crippen molar-refractivity contribution in [1.82, 2.24) is 0 Å². The van der Waals surface area contributed by atoms with E-state index < -0.39 is 13.2 Å². The quantitative estimate of drug-likeness (QED) is 0.644. The highest BCUT2D eigenvalue weighted by atomic mass is 31.1. The molecule has 0 aromatic heterocycles. The maximum absolute atomic E-state index is 12.8. The van der Waals surface area contributed by atoms with Crippen LogP contribution in [0.5, 0.6) is 0 Å². The van der Waals surface area contributed by atoms with Crippen molar-refractivity contribution in [3.8, 4) is 0 Å². The van der Waals surface area contributed by atoms with E-state index in [-0.39, 0.29) is 10.9 Å². The van der Waals surface area contributed by atoms with Gasteiger partial charge in [0.05, 0.1) is 0 Å². The van der Waals surface area contributed by atoms with Crippen molar-refractivity contribution in [2.45, 2.75) is 47.5 Å². The summed E-state index contributed by atoms with van der Waals surface area (Å²) >= 11 is 0. The summed E-state index contributed by atoms with van der Waals surface area (Å²) in [5, 5.41) is 0.734. The Morgan fingerprint density at radius 2 is 1.90 bits per heavy atom. The Morgan fingerprint density at radius 3 is 2.48 bits per heavy atom. The zero-order chi connectivity index (χ0) is 15.8. The van der Waals surface area contributed by atoms with Gasteiger partial charge in [0.25, 0.3) is 0 Å². The Balaban J connectivity index is 2.30. The van der Waals surface area contributed by atoms with Gasteiger partial charge in [-0.15, -0.1) is 0 Å². The average molecular weight is 303 g/mol. The maximum atomic E-state index is 12.8. The monoisotopic (exact) mass is 303 g/mol. The Kier molecular flexibility index (Phi) is 4.22. The number of allylic oxidation sites excluding steroid dienone is 8. The Bertz CT molecular complexity index is 617. The number of carbonyl (C=O) groups is 1. The summed E-state index contributed by atoms with van der Waals surface area (Å²) in [5.41, 5.74) is 1.38. The minimum Gasteiger partial charge on any atom is -0.239 e. The Hall–Kier alpha value is -1.27. The van der Waals surface area contributed by atoms with E-state index in [9.17, 15) is 9.36 Å². The third-order valence-corrected chi connectivity index (χ3v) is 6.44. The average Bonchev–Trinajstić information content (AvgIpc) is 2.39. The predicted octanol–water partition coefficient (Wildman–Crippen LogP) is 5.51. The first-order valence-electron chi connectivity index (χ1n) is 7.42. The summed E-state index contributed by atoms with van der Waals surface area (Å²) < 4.78 is 12.8. The molecule has 2 rings (SSSR count). The van der Waals surface area contributed by atoms with Crippen molar-refractivity contribution in [1.29, 1.82) is 0 Å². The molecule has 0 aliphatic heterocycles. The molecular formula is C18H24O2P+. The van der Waals surface area contributed by atoms with Crippen molar-refractivity contribution in [3.63, 3.8) is 0 Å². The van der Waals surface area contributed by atoms with Crippen LogP contribution in [0.3, 0.4) is 0 Å². The zero-order valence-corrected chi connectivity index (χ0v) is 14.5. The van der Waals surface area contributed by atoms with Crippen LogP contribution in [-0.4, -0.2) is 5.52 Å². The van der Waals surface area contributed by atoms with E-state index in [0.29, 0.717) is 6.42 Å². The third kappa shape index (κ3) is 3.01. The van der Waals surface area contributed by atoms with Gasteiger partial charge in [0.15, 0.2) is 5.31 Å². The van der Waals surface area contributed by atoms with Gasteiger partial charge in [-0.25, -0.2) is 4.79 Å². The molecule has 21 heavy (non-hydrogen) atoms. The minimum atomic E-state index is -2.01. The summed E-state index contributed by atoms with van der Waals surface area (Å²) in [6.07, 6.45) is 11.4. The van der Waals surface area contributed by atoms with Gasteiger partial charge in [0.2, 0.25) is 0 Å². The molecule has 2 unspecified atom stereocenters. The molecule has 0 radical (unpaired) electrons. The lowest BCUT2D eigenvalue weighted by atomic mass is 9.78. The molecule has 0 saturated heterocycles. The van der Waals surface area contributed by atoms with Gasteiger partial charge in [-0.2, -0.15) is 0 Å². The first-order chi connectivity index (χ1) is 9.67. The van der Waals surface area contributed by atoms with Gasteiger partial charge in [0, 0.05) is 0 Å². The normalized spacial score (nSPS) is 28.4. The molecule has 0 aromatic carbocycles. The molecular weight excluding hydrogens is 279 g/mol. The highest BCUT2D eigenvalue weighted by molar-refractivity contribution is 7.68. The van der Waals surface area contributed by atoms with E-state index in [1.807, 2.05) is 45.1 Å². The first kappa shape index (κ1) is 16.1. The fraction of sp³-hybridized carbons (Fsp3) is 0.500. The molecule has 2 aliphatic carbocycles. The molecule has 0 spiro atoms. The largest absolute Gasteiger partial charge is 0.454 e. The third-order valence-electron chi connectivity index (χ3n) is 4.60. The molecule has 2 atom stereocenters. The van der Waals surface area contributed by atoms with Crippen molar-refractivity contribution < 1.29 is 9.36 Å². The van der Waals surface area contributed by atoms with Crippen LogP contribution < -0.4 is 0 Å². The molecule has 0 aromatic rings. The topological polar surface area (TPSA) is 34.1 Å². The van der Waals surface area contributed by atoms with Crippen LogP contribution in [0.2, 0.25) is 0 Å². The van der Waals surface area contributed by atoms with Gasteiger partial charge in [-0.3, -0.25) is 0 Å². The summed E-state index contributed by atoms with van der Waals surface area (Å²) in [6, 6.07) is 0. The highest BCUT2D eigenvalue weighted by Crippen LogP contribution is 2.50.